The van der Waals surface area contributed by atoms with Gasteiger partial charge in [0.1, 0.15) is 0 Å². The maximum Gasteiger partial charge on any atom is 0.449 e. The number of fused-ring (bicyclic) bond motifs is 4. The first-order valence-electron chi connectivity index (χ1n) is 19.8. The molecule has 10 fully saturated rings. The van der Waals surface area contributed by atoms with Crippen LogP contribution < -0.4 is 0 Å². The molecule has 0 aromatic carbocycles. The maximum absolute atomic E-state index is 15.0. The fourth-order valence-corrected chi connectivity index (χ4v) is 11.7. The standard InChI is InChI=1S/C37H52F6N2O9/c1-21-5-7-23-19-33(37(41,42)43,50-30-34(23)25(21)9-11-32(4,49-30)51-53-34)46-18-17-44-13-15-45(16-14-44)20-24-27-8-6-22(2)26-10-12-31(3)48-29(35(26,27)54-52-31)47-28(24)36(38,39)40/h21-23,25-27,29-30H,5-20H2,1-4H3/t21-,22-,23+,25?,26?,27+,29-,30+,31-,32+,33-,34+,35-/m1/s1. The van der Waals surface area contributed by atoms with E-state index >= 15 is 13.2 Å². The van der Waals surface area contributed by atoms with Gasteiger partial charge in [0.15, 0.2) is 17.5 Å². The molecule has 9 heterocycles. The quantitative estimate of drug-likeness (QED) is 0.217. The van der Waals surface area contributed by atoms with Gasteiger partial charge in [-0.3, -0.25) is 9.80 Å². The molecule has 0 N–H and O–H groups in total. The van der Waals surface area contributed by atoms with E-state index < -0.39 is 77.5 Å². The first kappa shape index (κ1) is 38.2. The van der Waals surface area contributed by atoms with E-state index in [0.29, 0.717) is 64.7 Å². The third-order valence-electron chi connectivity index (χ3n) is 14.6. The highest BCUT2D eigenvalue weighted by Gasteiger charge is 2.75. The van der Waals surface area contributed by atoms with Gasteiger partial charge in [0, 0.05) is 76.3 Å². The third-order valence-corrected chi connectivity index (χ3v) is 14.6. The Balaban J connectivity index is 0.873. The molecule has 2 unspecified atom stereocenters. The van der Waals surface area contributed by atoms with E-state index in [4.69, 9.17) is 43.2 Å². The first-order chi connectivity index (χ1) is 25.4. The molecular weight excluding hydrogens is 730 g/mol. The summed E-state index contributed by atoms with van der Waals surface area (Å²) in [5.74, 6) is -7.31. The zero-order valence-electron chi connectivity index (χ0n) is 31.3. The lowest BCUT2D eigenvalue weighted by Crippen LogP contribution is -2.73. The highest BCUT2D eigenvalue weighted by Crippen LogP contribution is 2.64. The summed E-state index contributed by atoms with van der Waals surface area (Å²) in [4.78, 5) is 27.5. The summed E-state index contributed by atoms with van der Waals surface area (Å²) in [6.45, 7) is 9.11. The topological polar surface area (TPSA) is 89.6 Å². The summed E-state index contributed by atoms with van der Waals surface area (Å²) in [6.07, 6.45) is -7.79. The van der Waals surface area contributed by atoms with E-state index in [0.717, 1.165) is 12.8 Å². The Morgan fingerprint density at radius 2 is 1.30 bits per heavy atom. The number of nitrogens with zero attached hydrogens (tertiary/aromatic N) is 2. The molecule has 4 bridgehead atoms. The number of allylic oxidation sites excluding steroid dienone is 1. The summed E-state index contributed by atoms with van der Waals surface area (Å²) < 4.78 is 119. The van der Waals surface area contributed by atoms with E-state index in [2.05, 4.69) is 13.8 Å². The molecule has 0 amide bonds. The lowest BCUT2D eigenvalue weighted by Gasteiger charge is -2.60. The molecule has 0 radical (unpaired) electrons. The van der Waals surface area contributed by atoms with Crippen molar-refractivity contribution in [2.45, 2.75) is 139 Å². The first-order valence-corrected chi connectivity index (χ1v) is 19.8. The predicted octanol–water partition coefficient (Wildman–Crippen LogP) is 6.58. The average Bonchev–Trinajstić information content (AvgIpc) is 3.48. The molecule has 13 atom stereocenters. The van der Waals surface area contributed by atoms with E-state index in [1.54, 1.807) is 13.8 Å². The van der Waals surface area contributed by atoms with E-state index in [1.807, 2.05) is 9.80 Å². The van der Waals surface area contributed by atoms with Crippen molar-refractivity contribution >= 4 is 0 Å². The fourth-order valence-electron chi connectivity index (χ4n) is 11.7. The number of hydrogen-bond donors (Lipinski definition) is 0. The van der Waals surface area contributed by atoms with Gasteiger partial charge in [-0.05, 0) is 75.7 Å². The molecule has 11 rings (SSSR count). The van der Waals surface area contributed by atoms with Gasteiger partial charge >= 0.3 is 12.4 Å². The van der Waals surface area contributed by atoms with Crippen molar-refractivity contribution in [1.29, 1.82) is 0 Å². The summed E-state index contributed by atoms with van der Waals surface area (Å²) in [5.41, 5.74) is -2.20. The largest absolute Gasteiger partial charge is 0.456 e. The normalized spacial score (nSPS) is 49.5. The van der Waals surface area contributed by atoms with Crippen molar-refractivity contribution in [3.63, 3.8) is 0 Å². The lowest BCUT2D eigenvalue weighted by molar-refractivity contribution is -0.592. The molecule has 11 aliphatic rings. The lowest BCUT2D eigenvalue weighted by atomic mass is 9.59. The highest BCUT2D eigenvalue weighted by atomic mass is 19.4. The van der Waals surface area contributed by atoms with Crippen LogP contribution >= 0.6 is 0 Å². The number of rotatable bonds is 6. The molecule has 17 heteroatoms. The second-order valence-corrected chi connectivity index (χ2v) is 17.9. The van der Waals surface area contributed by atoms with Crippen molar-refractivity contribution in [1.82, 2.24) is 9.80 Å². The van der Waals surface area contributed by atoms with E-state index in [-0.39, 0.29) is 48.9 Å². The van der Waals surface area contributed by atoms with Crippen LogP contribution in [0, 0.1) is 35.5 Å². The van der Waals surface area contributed by atoms with Gasteiger partial charge in [-0.1, -0.05) is 13.8 Å². The molecule has 11 nitrogen and oxygen atoms in total. The van der Waals surface area contributed by atoms with Crippen LogP contribution in [0.25, 0.3) is 0 Å². The number of ether oxygens (including phenoxy) is 5. The van der Waals surface area contributed by atoms with Crippen LogP contribution in [0.1, 0.15) is 85.5 Å². The van der Waals surface area contributed by atoms with Crippen molar-refractivity contribution in [3.8, 4) is 0 Å². The van der Waals surface area contributed by atoms with Crippen LogP contribution in [0.3, 0.4) is 0 Å². The SMILES string of the molecule is C[C@@H]1CC[C@H]2C[C@](OCCN3CCN(CC4=C(C(F)(F)F)O[C@@H]5O[C@@]6(C)CCC7[C@H](C)CC[C@@H]4[C@]75OO6)CC3)(C(F)(F)F)O[C@@H]3O[C@]4(C)CCC1[C@@]23OO4. The summed E-state index contributed by atoms with van der Waals surface area (Å²) in [6, 6.07) is 0. The number of alkyl halides is 6. The number of halogens is 6. The van der Waals surface area contributed by atoms with Crippen LogP contribution in [-0.4, -0.2) is 109 Å². The zero-order chi connectivity index (χ0) is 38.1. The molecular formula is C37H52F6N2O9. The Bertz CT molecular complexity index is 1490. The molecule has 8 saturated heterocycles. The van der Waals surface area contributed by atoms with Gasteiger partial charge in [-0.25, -0.2) is 19.6 Å². The zero-order valence-corrected chi connectivity index (χ0v) is 31.3. The Labute approximate surface area is 311 Å². The second kappa shape index (κ2) is 12.9. The van der Waals surface area contributed by atoms with Crippen molar-refractivity contribution in [2.75, 3.05) is 45.9 Å². The van der Waals surface area contributed by atoms with Crippen molar-refractivity contribution in [3.05, 3.63) is 11.3 Å². The van der Waals surface area contributed by atoms with Gasteiger partial charge < -0.3 is 23.7 Å². The Morgan fingerprint density at radius 1 is 0.704 bits per heavy atom. The molecule has 54 heavy (non-hydrogen) atoms. The minimum absolute atomic E-state index is 0.0138. The minimum Gasteiger partial charge on any atom is -0.456 e. The number of hydrogen-bond acceptors (Lipinski definition) is 11. The fraction of sp³-hybridized carbons (Fsp3) is 0.946. The van der Waals surface area contributed by atoms with Crippen LogP contribution in [-0.2, 0) is 43.2 Å². The van der Waals surface area contributed by atoms with Crippen LogP contribution in [0.15, 0.2) is 11.3 Å². The molecule has 2 spiro atoms. The van der Waals surface area contributed by atoms with Gasteiger partial charge in [-0.15, -0.1) is 0 Å². The van der Waals surface area contributed by atoms with Gasteiger partial charge in [0.25, 0.3) is 5.79 Å². The molecule has 306 valence electrons. The molecule has 2 saturated carbocycles. The molecule has 2 aliphatic carbocycles. The predicted molar refractivity (Wildman–Crippen MR) is 173 cm³/mol. The smallest absolute Gasteiger partial charge is 0.449 e. The van der Waals surface area contributed by atoms with Gasteiger partial charge in [0.2, 0.25) is 23.6 Å². The summed E-state index contributed by atoms with van der Waals surface area (Å²) >= 11 is 0. The van der Waals surface area contributed by atoms with Crippen LogP contribution in [0.4, 0.5) is 26.3 Å². The molecule has 0 aromatic heterocycles. The Kier molecular flexibility index (Phi) is 9.11. The molecule has 0 aromatic rings. The van der Waals surface area contributed by atoms with Gasteiger partial charge in [0.05, 0.1) is 6.61 Å². The average molecular weight is 783 g/mol. The maximum atomic E-state index is 15.0. The van der Waals surface area contributed by atoms with Gasteiger partial charge in [-0.2, -0.15) is 26.3 Å². The second-order valence-electron chi connectivity index (χ2n) is 17.9. The van der Waals surface area contributed by atoms with Crippen LogP contribution in [0.2, 0.25) is 0 Å². The third kappa shape index (κ3) is 5.82. The van der Waals surface area contributed by atoms with Crippen LogP contribution in [0.5, 0.6) is 0 Å². The summed E-state index contributed by atoms with van der Waals surface area (Å²) in [5, 5.41) is 0. The minimum atomic E-state index is -4.85. The van der Waals surface area contributed by atoms with E-state index in [1.165, 1.54) is 0 Å². The Morgan fingerprint density at radius 3 is 1.94 bits per heavy atom. The van der Waals surface area contributed by atoms with E-state index in [9.17, 15) is 13.2 Å². The highest BCUT2D eigenvalue weighted by molar-refractivity contribution is 5.29. The van der Waals surface area contributed by atoms with Crippen molar-refractivity contribution in [2.24, 2.45) is 35.5 Å². The number of piperazine rings is 1. The Hall–Kier alpha value is -1.28. The van der Waals surface area contributed by atoms with Crippen molar-refractivity contribution < 1.29 is 69.6 Å². The monoisotopic (exact) mass is 782 g/mol. The summed E-state index contributed by atoms with van der Waals surface area (Å²) in [7, 11) is 0. The molecule has 9 aliphatic heterocycles.